The highest BCUT2D eigenvalue weighted by Crippen LogP contribution is 2.35. The lowest BCUT2D eigenvalue weighted by Gasteiger charge is -2.25. The van der Waals surface area contributed by atoms with Crippen LogP contribution in [0.4, 0.5) is 0 Å². The SMILES string of the molecule is C=CCOc1c(I)cc(/C=c2\sc3n(c2=O)C(c2ccccc2Cl)C(C(=O)OCC)=C(C)N=3)cc1OC. The minimum absolute atomic E-state index is 0.197. The molecule has 0 amide bonds. The summed E-state index contributed by atoms with van der Waals surface area (Å²) in [5.41, 5.74) is 1.86. The van der Waals surface area contributed by atoms with Gasteiger partial charge in [0.15, 0.2) is 16.3 Å². The van der Waals surface area contributed by atoms with Gasteiger partial charge >= 0.3 is 5.97 Å². The summed E-state index contributed by atoms with van der Waals surface area (Å²) in [4.78, 5) is 31.9. The summed E-state index contributed by atoms with van der Waals surface area (Å²) in [6.07, 6.45) is 3.44. The molecule has 2 heterocycles. The number of benzene rings is 2. The maximum absolute atomic E-state index is 13.8. The van der Waals surface area contributed by atoms with Gasteiger partial charge in [0.05, 0.1) is 33.1 Å². The summed E-state index contributed by atoms with van der Waals surface area (Å²) < 4.78 is 19.4. The summed E-state index contributed by atoms with van der Waals surface area (Å²) in [5.74, 6) is 0.620. The molecule has 37 heavy (non-hydrogen) atoms. The number of allylic oxidation sites excluding steroid dienone is 1. The molecule has 0 bridgehead atoms. The van der Waals surface area contributed by atoms with Crippen LogP contribution in [0.25, 0.3) is 6.08 Å². The van der Waals surface area contributed by atoms with Crippen molar-refractivity contribution in [2.45, 2.75) is 19.9 Å². The summed E-state index contributed by atoms with van der Waals surface area (Å²) in [5, 5.41) is 0.438. The third kappa shape index (κ3) is 5.39. The zero-order valence-electron chi connectivity index (χ0n) is 20.4. The minimum atomic E-state index is -0.768. The molecule has 1 aliphatic heterocycles. The second kappa shape index (κ2) is 11.7. The van der Waals surface area contributed by atoms with Crippen LogP contribution < -0.4 is 24.4 Å². The highest BCUT2D eigenvalue weighted by atomic mass is 127. The summed E-state index contributed by atoms with van der Waals surface area (Å²) in [6, 6.07) is 10.1. The zero-order valence-corrected chi connectivity index (χ0v) is 24.1. The first-order chi connectivity index (χ1) is 17.8. The number of halogens is 2. The van der Waals surface area contributed by atoms with Gasteiger partial charge in [0, 0.05) is 5.02 Å². The number of thiazole rings is 1. The smallest absolute Gasteiger partial charge is 0.338 e. The molecule has 7 nitrogen and oxygen atoms in total. The molecule has 1 unspecified atom stereocenters. The molecule has 0 aliphatic carbocycles. The number of fused-ring (bicyclic) bond motifs is 1. The van der Waals surface area contributed by atoms with Gasteiger partial charge in [-0.3, -0.25) is 9.36 Å². The maximum Gasteiger partial charge on any atom is 0.338 e. The van der Waals surface area contributed by atoms with Crippen LogP contribution in [0, 0.1) is 3.57 Å². The quantitative estimate of drug-likeness (QED) is 0.202. The number of aromatic nitrogens is 1. The second-order valence-electron chi connectivity index (χ2n) is 7.96. The van der Waals surface area contributed by atoms with E-state index in [1.165, 1.54) is 15.9 Å². The first-order valence-electron chi connectivity index (χ1n) is 11.4. The summed E-state index contributed by atoms with van der Waals surface area (Å²) in [7, 11) is 1.56. The molecule has 0 fully saturated rings. The monoisotopic (exact) mass is 650 g/mol. The van der Waals surface area contributed by atoms with E-state index in [9.17, 15) is 9.59 Å². The third-order valence-corrected chi connectivity index (χ3v) is 7.74. The minimum Gasteiger partial charge on any atom is -0.493 e. The average Bonchev–Trinajstić information content (AvgIpc) is 3.17. The van der Waals surface area contributed by atoms with Crippen LogP contribution in [0.5, 0.6) is 11.5 Å². The van der Waals surface area contributed by atoms with Crippen LogP contribution >= 0.6 is 45.5 Å². The van der Waals surface area contributed by atoms with Gasteiger partial charge in [0.1, 0.15) is 12.6 Å². The van der Waals surface area contributed by atoms with E-state index < -0.39 is 12.0 Å². The van der Waals surface area contributed by atoms with Crippen LogP contribution in [0.15, 0.2) is 70.1 Å². The molecule has 1 aliphatic rings. The molecule has 10 heteroatoms. The molecule has 0 saturated heterocycles. The first-order valence-corrected chi connectivity index (χ1v) is 13.6. The molecule has 1 aromatic heterocycles. The van der Waals surface area contributed by atoms with Crippen LogP contribution in [0.3, 0.4) is 0 Å². The van der Waals surface area contributed by atoms with Gasteiger partial charge in [0.25, 0.3) is 5.56 Å². The molecule has 192 valence electrons. The fraction of sp³-hybridized carbons (Fsp3) is 0.222. The van der Waals surface area contributed by atoms with Gasteiger partial charge in [-0.2, -0.15) is 0 Å². The highest BCUT2D eigenvalue weighted by Gasteiger charge is 2.34. The van der Waals surface area contributed by atoms with Gasteiger partial charge in [-0.25, -0.2) is 9.79 Å². The van der Waals surface area contributed by atoms with E-state index in [1.54, 1.807) is 57.4 Å². The number of hydrogen-bond donors (Lipinski definition) is 0. The Morgan fingerprint density at radius 1 is 1.32 bits per heavy atom. The van der Waals surface area contributed by atoms with Crippen molar-refractivity contribution in [3.8, 4) is 11.5 Å². The molecule has 0 N–H and O–H groups in total. The van der Waals surface area contributed by atoms with E-state index in [1.807, 2.05) is 12.1 Å². The summed E-state index contributed by atoms with van der Waals surface area (Å²) in [6.45, 7) is 7.69. The van der Waals surface area contributed by atoms with Crippen molar-refractivity contribution in [3.63, 3.8) is 0 Å². The molecule has 4 rings (SSSR count). The number of hydrogen-bond acceptors (Lipinski definition) is 7. The number of rotatable bonds is 8. The van der Waals surface area contributed by atoms with Crippen molar-refractivity contribution in [2.75, 3.05) is 20.3 Å². The Morgan fingerprint density at radius 3 is 2.76 bits per heavy atom. The topological polar surface area (TPSA) is 79.1 Å². The lowest BCUT2D eigenvalue weighted by atomic mass is 9.96. The molecular weight excluding hydrogens is 627 g/mol. The Balaban J connectivity index is 1.92. The van der Waals surface area contributed by atoms with Crippen molar-refractivity contribution in [2.24, 2.45) is 4.99 Å². The van der Waals surface area contributed by atoms with Crippen molar-refractivity contribution in [1.29, 1.82) is 0 Å². The first kappa shape index (κ1) is 27.2. The fourth-order valence-corrected chi connectivity index (χ4v) is 6.11. The Bertz CT molecular complexity index is 1590. The average molecular weight is 651 g/mol. The summed E-state index contributed by atoms with van der Waals surface area (Å²) >= 11 is 9.96. The second-order valence-corrected chi connectivity index (χ2v) is 10.5. The van der Waals surface area contributed by atoms with E-state index in [2.05, 4.69) is 34.2 Å². The Hall–Kier alpha value is -2.89. The number of carbonyl (C=O) groups is 1. The van der Waals surface area contributed by atoms with E-state index in [0.29, 0.717) is 43.7 Å². The molecule has 1 atom stereocenters. The number of carbonyl (C=O) groups excluding carboxylic acids is 1. The number of methoxy groups -OCH3 is 1. The molecule has 2 aromatic carbocycles. The maximum atomic E-state index is 13.8. The van der Waals surface area contributed by atoms with E-state index in [-0.39, 0.29) is 17.7 Å². The Kier molecular flexibility index (Phi) is 8.56. The van der Waals surface area contributed by atoms with Crippen molar-refractivity contribution < 1.29 is 19.0 Å². The molecule has 0 spiro atoms. The van der Waals surface area contributed by atoms with Gasteiger partial charge in [-0.15, -0.1) is 0 Å². The number of nitrogens with zero attached hydrogens (tertiary/aromatic N) is 2. The van der Waals surface area contributed by atoms with E-state index in [0.717, 1.165) is 9.13 Å². The van der Waals surface area contributed by atoms with Gasteiger partial charge in [-0.05, 0) is 71.8 Å². The van der Waals surface area contributed by atoms with Crippen LogP contribution in [0.1, 0.15) is 31.0 Å². The molecule has 3 aromatic rings. The predicted octanol–water partition coefficient (Wildman–Crippen LogP) is 4.63. The standard InChI is InChI=1S/C27H24ClIN2O5S/c1-5-11-36-24-19(29)12-16(13-20(24)34-4)14-21-25(32)31-23(17-9-7-8-10-18(17)28)22(26(33)35-6-2)15(3)30-27(31)37-21/h5,7-10,12-14,23H,1,6,11H2,2-4H3/b21-14-. The van der Waals surface area contributed by atoms with Gasteiger partial charge in [-0.1, -0.05) is 53.8 Å². The van der Waals surface area contributed by atoms with Crippen molar-refractivity contribution in [3.05, 3.63) is 99.7 Å². The normalized spacial score (nSPS) is 15.2. The molecule has 0 saturated carbocycles. The van der Waals surface area contributed by atoms with E-state index >= 15 is 0 Å². The van der Waals surface area contributed by atoms with Crippen molar-refractivity contribution >= 4 is 57.6 Å². The Morgan fingerprint density at radius 2 is 2.08 bits per heavy atom. The Labute approximate surface area is 236 Å². The zero-order chi connectivity index (χ0) is 26.7. The molecular formula is C27H24ClIN2O5S. The lowest BCUT2D eigenvalue weighted by Crippen LogP contribution is -2.40. The lowest BCUT2D eigenvalue weighted by molar-refractivity contribution is -0.139. The van der Waals surface area contributed by atoms with Gasteiger partial charge in [0.2, 0.25) is 0 Å². The molecule has 0 radical (unpaired) electrons. The number of esters is 1. The van der Waals surface area contributed by atoms with Crippen molar-refractivity contribution in [1.82, 2.24) is 4.57 Å². The number of ether oxygens (including phenoxy) is 3. The van der Waals surface area contributed by atoms with Gasteiger partial charge < -0.3 is 14.2 Å². The fourth-order valence-electron chi connectivity index (χ4n) is 4.04. The van der Waals surface area contributed by atoms with E-state index in [4.69, 9.17) is 25.8 Å². The van der Waals surface area contributed by atoms with Crippen LogP contribution in [0.2, 0.25) is 5.02 Å². The predicted molar refractivity (Wildman–Crippen MR) is 153 cm³/mol. The van der Waals surface area contributed by atoms with Crippen LogP contribution in [-0.4, -0.2) is 30.9 Å². The van der Waals surface area contributed by atoms with Crippen LogP contribution in [-0.2, 0) is 9.53 Å². The largest absolute Gasteiger partial charge is 0.493 e. The third-order valence-electron chi connectivity index (χ3n) is 5.61. The highest BCUT2D eigenvalue weighted by molar-refractivity contribution is 14.1.